The molecule has 0 saturated carbocycles. The van der Waals surface area contributed by atoms with Crippen molar-refractivity contribution in [2.45, 2.75) is 38.5 Å². The van der Waals surface area contributed by atoms with Crippen molar-refractivity contribution in [2.24, 2.45) is 0 Å². The van der Waals surface area contributed by atoms with Crippen molar-refractivity contribution in [1.29, 1.82) is 0 Å². The third-order valence-corrected chi connectivity index (χ3v) is 4.91. The average Bonchev–Trinajstić information content (AvgIpc) is 2.53. The van der Waals surface area contributed by atoms with Gasteiger partial charge in [-0.2, -0.15) is 0 Å². The number of carbonyl (C=O) groups is 1. The summed E-state index contributed by atoms with van der Waals surface area (Å²) in [5.41, 5.74) is 1.88. The molecule has 1 heterocycles. The molecule has 1 aromatic carbocycles. The molecular formula is C17H21N5O3S2. The fraction of sp³-hybridized carbons (Fsp3) is 0.294. The molecule has 10 heteroatoms. The van der Waals surface area contributed by atoms with Gasteiger partial charge >= 0.3 is 0 Å². The predicted molar refractivity (Wildman–Crippen MR) is 108 cm³/mol. The first-order valence-corrected chi connectivity index (χ1v) is 10.1. The first-order valence-electron chi connectivity index (χ1n) is 8.25. The lowest BCUT2D eigenvalue weighted by molar-refractivity contribution is -0.119. The van der Waals surface area contributed by atoms with Crippen LogP contribution >= 0.6 is 12.2 Å². The largest absolute Gasteiger partial charge is 0.332 e. The van der Waals surface area contributed by atoms with Gasteiger partial charge < -0.3 is 10.6 Å². The fourth-order valence-corrected chi connectivity index (χ4v) is 3.42. The Morgan fingerprint density at radius 3 is 2.26 bits per heavy atom. The Labute approximate surface area is 163 Å². The summed E-state index contributed by atoms with van der Waals surface area (Å²) in [5.74, 6) is -0.152. The number of aryl methyl sites for hydroxylation is 2. The van der Waals surface area contributed by atoms with E-state index in [-0.39, 0.29) is 21.9 Å². The standard InChI is InChI=1S/C17H21N5O3S2/c1-4-5-15(23)21-17(26)20-13-6-8-14(9-7-13)27(24,25)22-16-18-11(2)10-12(3)19-16/h6-10H,4-5H2,1-3H3,(H,18,19,22)(H2,20,21,23,26). The number of nitrogens with zero attached hydrogens (tertiary/aromatic N) is 2. The minimum atomic E-state index is -3.82. The molecule has 8 nitrogen and oxygen atoms in total. The van der Waals surface area contributed by atoms with Gasteiger partial charge in [-0.3, -0.25) is 4.79 Å². The number of sulfonamides is 1. The van der Waals surface area contributed by atoms with Crippen LogP contribution in [-0.2, 0) is 14.8 Å². The van der Waals surface area contributed by atoms with E-state index in [1.807, 2.05) is 6.92 Å². The number of anilines is 2. The van der Waals surface area contributed by atoms with Crippen LogP contribution in [0.3, 0.4) is 0 Å². The predicted octanol–water partition coefficient (Wildman–Crippen LogP) is 2.51. The van der Waals surface area contributed by atoms with Crippen molar-refractivity contribution in [3.63, 3.8) is 0 Å². The van der Waals surface area contributed by atoms with Crippen LogP contribution in [0, 0.1) is 13.8 Å². The van der Waals surface area contributed by atoms with Gasteiger partial charge in [0.1, 0.15) is 0 Å². The average molecular weight is 408 g/mol. The molecule has 3 N–H and O–H groups in total. The summed E-state index contributed by atoms with van der Waals surface area (Å²) in [7, 11) is -3.82. The van der Waals surface area contributed by atoms with Crippen LogP contribution in [0.15, 0.2) is 35.2 Å². The Balaban J connectivity index is 2.07. The van der Waals surface area contributed by atoms with Crippen LogP contribution in [0.1, 0.15) is 31.2 Å². The number of benzene rings is 1. The molecule has 1 aromatic heterocycles. The molecule has 27 heavy (non-hydrogen) atoms. The van der Waals surface area contributed by atoms with E-state index < -0.39 is 10.0 Å². The SMILES string of the molecule is CCCC(=O)NC(=S)Nc1ccc(S(=O)(=O)Nc2nc(C)cc(C)n2)cc1. The van der Waals surface area contributed by atoms with E-state index in [4.69, 9.17) is 12.2 Å². The summed E-state index contributed by atoms with van der Waals surface area (Å²) in [4.78, 5) is 19.7. The molecule has 0 atom stereocenters. The molecule has 2 rings (SSSR count). The number of thiocarbonyl (C=S) groups is 1. The van der Waals surface area contributed by atoms with Crippen molar-refractivity contribution in [2.75, 3.05) is 10.0 Å². The zero-order chi connectivity index (χ0) is 20.0. The highest BCUT2D eigenvalue weighted by Gasteiger charge is 2.16. The van der Waals surface area contributed by atoms with Gasteiger partial charge in [-0.05, 0) is 62.8 Å². The molecule has 1 amide bonds. The molecule has 144 valence electrons. The number of carbonyl (C=O) groups excluding carboxylic acids is 1. The van der Waals surface area contributed by atoms with E-state index in [2.05, 4.69) is 25.3 Å². The van der Waals surface area contributed by atoms with Gasteiger partial charge in [0.2, 0.25) is 11.9 Å². The van der Waals surface area contributed by atoms with E-state index in [9.17, 15) is 13.2 Å². The smallest absolute Gasteiger partial charge is 0.264 e. The third-order valence-electron chi connectivity index (χ3n) is 3.36. The lowest BCUT2D eigenvalue weighted by Gasteiger charge is -2.11. The zero-order valence-electron chi connectivity index (χ0n) is 15.2. The monoisotopic (exact) mass is 407 g/mol. The fourth-order valence-electron chi connectivity index (χ4n) is 2.25. The molecule has 0 aliphatic heterocycles. The van der Waals surface area contributed by atoms with Crippen LogP contribution in [0.5, 0.6) is 0 Å². The second-order valence-electron chi connectivity index (χ2n) is 5.86. The Hall–Kier alpha value is -2.59. The molecule has 0 fully saturated rings. The van der Waals surface area contributed by atoms with E-state index in [1.165, 1.54) is 12.1 Å². The normalized spacial score (nSPS) is 10.9. The Morgan fingerprint density at radius 2 is 1.70 bits per heavy atom. The molecular weight excluding hydrogens is 386 g/mol. The second kappa shape index (κ2) is 8.87. The van der Waals surface area contributed by atoms with Gasteiger partial charge in [0.15, 0.2) is 5.11 Å². The van der Waals surface area contributed by atoms with E-state index in [0.29, 0.717) is 23.5 Å². The van der Waals surface area contributed by atoms with Crippen LogP contribution in [0.25, 0.3) is 0 Å². The molecule has 2 aromatic rings. The maximum Gasteiger partial charge on any atom is 0.264 e. The summed E-state index contributed by atoms with van der Waals surface area (Å²) >= 11 is 5.05. The van der Waals surface area contributed by atoms with Crippen molar-refractivity contribution in [3.8, 4) is 0 Å². The van der Waals surface area contributed by atoms with Crippen molar-refractivity contribution < 1.29 is 13.2 Å². The van der Waals surface area contributed by atoms with Crippen LogP contribution < -0.4 is 15.4 Å². The zero-order valence-corrected chi connectivity index (χ0v) is 16.9. The lowest BCUT2D eigenvalue weighted by atomic mass is 10.3. The highest BCUT2D eigenvalue weighted by molar-refractivity contribution is 7.92. The highest BCUT2D eigenvalue weighted by atomic mass is 32.2. The van der Waals surface area contributed by atoms with Gasteiger partial charge in [-0.15, -0.1) is 0 Å². The van der Waals surface area contributed by atoms with Crippen LogP contribution in [0.4, 0.5) is 11.6 Å². The van der Waals surface area contributed by atoms with Gasteiger partial charge in [0.05, 0.1) is 4.90 Å². The molecule has 0 saturated heterocycles. The van der Waals surface area contributed by atoms with E-state index >= 15 is 0 Å². The van der Waals surface area contributed by atoms with Gasteiger partial charge in [-0.1, -0.05) is 6.92 Å². The first-order chi connectivity index (χ1) is 12.7. The topological polar surface area (TPSA) is 113 Å². The summed E-state index contributed by atoms with van der Waals surface area (Å²) in [5, 5.41) is 5.54. The molecule has 0 aliphatic rings. The molecule has 0 aliphatic carbocycles. The maximum absolute atomic E-state index is 12.5. The number of rotatable bonds is 6. The molecule has 0 radical (unpaired) electrons. The third kappa shape index (κ3) is 6.26. The number of nitrogens with one attached hydrogen (secondary N) is 3. The van der Waals surface area contributed by atoms with Crippen LogP contribution in [-0.4, -0.2) is 29.4 Å². The minimum absolute atomic E-state index is 0.0227. The van der Waals surface area contributed by atoms with Crippen molar-refractivity contribution >= 4 is 44.9 Å². The van der Waals surface area contributed by atoms with Crippen LogP contribution in [0.2, 0.25) is 0 Å². The Kier molecular flexibility index (Phi) is 6.81. The van der Waals surface area contributed by atoms with Gasteiger partial charge in [0.25, 0.3) is 10.0 Å². The van der Waals surface area contributed by atoms with Crippen molar-refractivity contribution in [3.05, 3.63) is 41.7 Å². The number of amides is 1. The van der Waals surface area contributed by atoms with Gasteiger partial charge in [-0.25, -0.2) is 23.1 Å². The minimum Gasteiger partial charge on any atom is -0.332 e. The molecule has 0 unspecified atom stereocenters. The summed E-state index contributed by atoms with van der Waals surface area (Å²) in [6, 6.07) is 7.69. The molecule has 0 bridgehead atoms. The van der Waals surface area contributed by atoms with E-state index in [1.54, 1.807) is 32.0 Å². The van der Waals surface area contributed by atoms with Crippen molar-refractivity contribution in [1.82, 2.24) is 15.3 Å². The Morgan fingerprint density at radius 1 is 1.11 bits per heavy atom. The summed E-state index contributed by atoms with van der Waals surface area (Å²) in [6.45, 7) is 5.41. The lowest BCUT2D eigenvalue weighted by Crippen LogP contribution is -2.33. The molecule has 0 spiro atoms. The summed E-state index contributed by atoms with van der Waals surface area (Å²) < 4.78 is 27.3. The maximum atomic E-state index is 12.5. The number of aromatic nitrogens is 2. The second-order valence-corrected chi connectivity index (χ2v) is 7.95. The number of hydrogen-bond acceptors (Lipinski definition) is 6. The van der Waals surface area contributed by atoms with Gasteiger partial charge in [0, 0.05) is 23.5 Å². The first kappa shape index (κ1) is 20.7. The van der Waals surface area contributed by atoms with E-state index in [0.717, 1.165) is 6.42 Å². The summed E-state index contributed by atoms with van der Waals surface area (Å²) in [6.07, 6.45) is 1.10. The highest BCUT2D eigenvalue weighted by Crippen LogP contribution is 2.17. The quantitative estimate of drug-likeness (QED) is 0.631. The Bertz CT molecular complexity index is 923. The number of hydrogen-bond donors (Lipinski definition) is 3.